The van der Waals surface area contributed by atoms with E-state index in [1.807, 2.05) is 47.1 Å². The van der Waals surface area contributed by atoms with Crippen LogP contribution in [-0.2, 0) is 17.9 Å². The van der Waals surface area contributed by atoms with E-state index in [0.29, 0.717) is 47.3 Å². The number of fused-ring (bicyclic) bond motifs is 1. The lowest BCUT2D eigenvalue weighted by molar-refractivity contribution is -0.119. The molecule has 9 heteroatoms. The van der Waals surface area contributed by atoms with Crippen molar-refractivity contribution >= 4 is 34.9 Å². The number of halogens is 1. The third kappa shape index (κ3) is 5.15. The molecule has 0 bridgehead atoms. The van der Waals surface area contributed by atoms with Crippen molar-refractivity contribution in [1.29, 1.82) is 0 Å². The molecule has 0 saturated carbocycles. The second-order valence-corrected chi connectivity index (χ2v) is 9.01. The van der Waals surface area contributed by atoms with Crippen LogP contribution in [-0.4, -0.2) is 35.8 Å². The first-order chi connectivity index (χ1) is 17.9. The number of nitrogens with one attached hydrogen (secondary N) is 1. The topological polar surface area (TPSA) is 85.7 Å². The number of aromatic nitrogens is 2. The number of benzene rings is 3. The highest BCUT2D eigenvalue weighted by atomic mass is 35.5. The number of aryl methyl sites for hydroxylation is 1. The number of nitrogens with zero attached hydrogens (tertiary/aromatic N) is 3. The standard InChI is InChI=1S/C28H25ClN4O4/c1-36-24-11-10-22(15-25(24)37-2)30-28(35)19-8-6-18(7-9-19)17-32-26-16-23(20-4-3-5-21(29)14-20)31-33(26)13-12-27(32)34/h3-11,14-16H,12-13,17H2,1-2H3,(H,30,35). The normalized spacial score (nSPS) is 12.7. The zero-order valence-corrected chi connectivity index (χ0v) is 21.2. The van der Waals surface area contributed by atoms with E-state index in [1.54, 1.807) is 49.5 Å². The lowest BCUT2D eigenvalue weighted by Gasteiger charge is -2.27. The number of carbonyl (C=O) groups is 2. The van der Waals surface area contributed by atoms with Crippen LogP contribution >= 0.6 is 11.6 Å². The molecule has 1 aromatic heterocycles. The zero-order valence-electron chi connectivity index (χ0n) is 20.4. The van der Waals surface area contributed by atoms with E-state index < -0.39 is 0 Å². The minimum absolute atomic E-state index is 0.0281. The second-order valence-electron chi connectivity index (χ2n) is 8.57. The predicted molar refractivity (Wildman–Crippen MR) is 142 cm³/mol. The molecule has 1 aliphatic rings. The molecule has 0 unspecified atom stereocenters. The SMILES string of the molecule is COc1ccc(NC(=O)c2ccc(CN3C(=O)CCn4nc(-c5cccc(Cl)c5)cc43)cc2)cc1OC. The molecule has 0 saturated heterocycles. The number of amides is 2. The van der Waals surface area contributed by atoms with Gasteiger partial charge in [0, 0.05) is 40.4 Å². The van der Waals surface area contributed by atoms with E-state index in [2.05, 4.69) is 10.4 Å². The second kappa shape index (κ2) is 10.4. The number of rotatable bonds is 7. The van der Waals surface area contributed by atoms with E-state index in [9.17, 15) is 9.59 Å². The van der Waals surface area contributed by atoms with E-state index >= 15 is 0 Å². The molecule has 2 amide bonds. The van der Waals surface area contributed by atoms with Gasteiger partial charge in [-0.3, -0.25) is 14.5 Å². The maximum atomic E-state index is 12.8. The van der Waals surface area contributed by atoms with Crippen LogP contribution in [0.25, 0.3) is 11.3 Å². The number of methoxy groups -OCH3 is 2. The van der Waals surface area contributed by atoms with Gasteiger partial charge in [-0.1, -0.05) is 35.9 Å². The van der Waals surface area contributed by atoms with Crippen molar-refractivity contribution in [2.24, 2.45) is 0 Å². The molecular weight excluding hydrogens is 492 g/mol. The Hall–Kier alpha value is -4.30. The summed E-state index contributed by atoms with van der Waals surface area (Å²) in [5, 5.41) is 8.18. The first-order valence-corrected chi connectivity index (χ1v) is 12.1. The van der Waals surface area contributed by atoms with Crippen molar-refractivity contribution in [2.45, 2.75) is 19.5 Å². The first-order valence-electron chi connectivity index (χ1n) is 11.7. The smallest absolute Gasteiger partial charge is 0.255 e. The Morgan fingerprint density at radius 3 is 2.51 bits per heavy atom. The van der Waals surface area contributed by atoms with Crippen LogP contribution < -0.4 is 19.7 Å². The van der Waals surface area contributed by atoms with Gasteiger partial charge in [-0.15, -0.1) is 0 Å². The quantitative estimate of drug-likeness (QED) is 0.355. The van der Waals surface area contributed by atoms with Crippen molar-refractivity contribution in [3.8, 4) is 22.8 Å². The summed E-state index contributed by atoms with van der Waals surface area (Å²) in [6, 6.07) is 21.8. The van der Waals surface area contributed by atoms with E-state index in [0.717, 1.165) is 22.6 Å². The van der Waals surface area contributed by atoms with Gasteiger partial charge in [-0.2, -0.15) is 5.10 Å². The van der Waals surface area contributed by atoms with Gasteiger partial charge in [0.2, 0.25) is 5.91 Å². The molecule has 0 aliphatic carbocycles. The molecule has 0 atom stereocenters. The fourth-order valence-electron chi connectivity index (χ4n) is 4.27. The molecule has 2 heterocycles. The molecular formula is C28H25ClN4O4. The molecule has 3 aromatic carbocycles. The Kier molecular flexibility index (Phi) is 6.83. The van der Waals surface area contributed by atoms with Gasteiger partial charge < -0.3 is 14.8 Å². The van der Waals surface area contributed by atoms with Crippen molar-refractivity contribution in [3.05, 3.63) is 88.9 Å². The maximum absolute atomic E-state index is 12.8. The molecule has 0 radical (unpaired) electrons. The molecule has 4 aromatic rings. The Bertz CT molecular complexity index is 1470. The number of ether oxygens (including phenoxy) is 2. The van der Waals surface area contributed by atoms with Gasteiger partial charge in [-0.05, 0) is 42.0 Å². The maximum Gasteiger partial charge on any atom is 0.255 e. The molecule has 0 fully saturated rings. The molecule has 37 heavy (non-hydrogen) atoms. The third-order valence-corrected chi connectivity index (χ3v) is 6.43. The summed E-state index contributed by atoms with van der Waals surface area (Å²) >= 11 is 6.15. The predicted octanol–water partition coefficient (Wildman–Crippen LogP) is 5.41. The fourth-order valence-corrected chi connectivity index (χ4v) is 4.46. The minimum atomic E-state index is -0.253. The van der Waals surface area contributed by atoms with Gasteiger partial charge in [0.15, 0.2) is 11.5 Å². The van der Waals surface area contributed by atoms with Gasteiger partial charge in [-0.25, -0.2) is 4.68 Å². The summed E-state index contributed by atoms with van der Waals surface area (Å²) in [5.41, 5.74) is 3.65. The van der Waals surface area contributed by atoms with Crippen LogP contribution in [0.1, 0.15) is 22.3 Å². The average Bonchev–Trinajstić information content (AvgIpc) is 3.35. The monoisotopic (exact) mass is 516 g/mol. The number of hydrogen-bond donors (Lipinski definition) is 1. The van der Waals surface area contributed by atoms with E-state index in [-0.39, 0.29) is 11.8 Å². The highest BCUT2D eigenvalue weighted by Crippen LogP contribution is 2.31. The van der Waals surface area contributed by atoms with Crippen molar-refractivity contribution in [2.75, 3.05) is 24.4 Å². The molecule has 1 aliphatic heterocycles. The Balaban J connectivity index is 1.31. The van der Waals surface area contributed by atoms with E-state index in [4.69, 9.17) is 21.1 Å². The summed E-state index contributed by atoms with van der Waals surface area (Å²) in [7, 11) is 3.10. The van der Waals surface area contributed by atoms with Gasteiger partial charge in [0.1, 0.15) is 5.82 Å². The minimum Gasteiger partial charge on any atom is -0.493 e. The molecule has 8 nitrogen and oxygen atoms in total. The molecule has 1 N–H and O–H groups in total. The summed E-state index contributed by atoms with van der Waals surface area (Å²) in [5.74, 6) is 1.62. The van der Waals surface area contributed by atoms with Gasteiger partial charge in [0.25, 0.3) is 5.91 Å². The molecule has 5 rings (SSSR count). The number of hydrogen-bond acceptors (Lipinski definition) is 5. The van der Waals surface area contributed by atoms with Crippen molar-refractivity contribution < 1.29 is 19.1 Å². The van der Waals surface area contributed by atoms with Crippen LogP contribution in [0.3, 0.4) is 0 Å². The fraction of sp³-hybridized carbons (Fsp3) is 0.179. The largest absolute Gasteiger partial charge is 0.493 e. The van der Waals surface area contributed by atoms with E-state index in [1.165, 1.54) is 0 Å². The van der Waals surface area contributed by atoms with Crippen molar-refractivity contribution in [1.82, 2.24) is 9.78 Å². The summed E-state index contributed by atoms with van der Waals surface area (Å²) < 4.78 is 12.4. The Labute approximate surface area is 219 Å². The Morgan fingerprint density at radius 1 is 1.00 bits per heavy atom. The number of anilines is 2. The highest BCUT2D eigenvalue weighted by Gasteiger charge is 2.26. The average molecular weight is 517 g/mol. The van der Waals surface area contributed by atoms with Crippen LogP contribution in [0, 0.1) is 0 Å². The van der Waals surface area contributed by atoms with Gasteiger partial charge in [0.05, 0.1) is 33.0 Å². The highest BCUT2D eigenvalue weighted by molar-refractivity contribution is 6.30. The molecule has 188 valence electrons. The third-order valence-electron chi connectivity index (χ3n) is 6.19. The van der Waals surface area contributed by atoms with Crippen LogP contribution in [0.15, 0.2) is 72.8 Å². The van der Waals surface area contributed by atoms with Gasteiger partial charge >= 0.3 is 0 Å². The lowest BCUT2D eigenvalue weighted by Crippen LogP contribution is -2.36. The van der Waals surface area contributed by atoms with Crippen molar-refractivity contribution in [3.63, 3.8) is 0 Å². The Morgan fingerprint density at radius 2 is 1.78 bits per heavy atom. The zero-order chi connectivity index (χ0) is 25.9. The lowest BCUT2D eigenvalue weighted by atomic mass is 10.1. The number of carbonyl (C=O) groups excluding carboxylic acids is 2. The van der Waals surface area contributed by atoms with Crippen LogP contribution in [0.2, 0.25) is 5.02 Å². The van der Waals surface area contributed by atoms with Crippen LogP contribution in [0.5, 0.6) is 11.5 Å². The summed E-state index contributed by atoms with van der Waals surface area (Å²) in [4.78, 5) is 27.3. The molecule has 0 spiro atoms. The van der Waals surface area contributed by atoms with Crippen LogP contribution in [0.4, 0.5) is 11.5 Å². The first kappa shape index (κ1) is 24.4. The summed E-state index contributed by atoms with van der Waals surface area (Å²) in [6.45, 7) is 0.900. The summed E-state index contributed by atoms with van der Waals surface area (Å²) in [6.07, 6.45) is 0.371.